The van der Waals surface area contributed by atoms with Gasteiger partial charge in [-0.2, -0.15) is 0 Å². The maximum atomic E-state index is 12.8. The molecule has 0 aromatic rings. The number of nitrogens with zero attached hydrogens (tertiary/aromatic N) is 1. The van der Waals surface area contributed by atoms with Gasteiger partial charge in [0.1, 0.15) is 0 Å². The van der Waals surface area contributed by atoms with Crippen molar-refractivity contribution in [2.24, 2.45) is 17.8 Å². The monoisotopic (exact) mass is 268 g/mol. The lowest BCUT2D eigenvalue weighted by Crippen LogP contribution is -2.54. The number of hydrogen-bond donors (Lipinski definition) is 1. The Kier molecular flexibility index (Phi) is 4.85. The molecule has 0 aromatic heterocycles. The molecule has 2 rings (SSSR count). The molecule has 4 heteroatoms. The SMILES string of the molecule is CCNC1COCC1C(=O)N1CC(C)CC(C)C1C. The molecule has 0 aromatic carbocycles. The van der Waals surface area contributed by atoms with Gasteiger partial charge in [0.05, 0.1) is 19.1 Å². The van der Waals surface area contributed by atoms with Crippen LogP contribution in [0.25, 0.3) is 0 Å². The standard InChI is InChI=1S/C15H28N2O2/c1-5-16-14-9-19-8-13(14)15(18)17-7-10(2)6-11(3)12(17)4/h10-14,16H,5-9H2,1-4H3. The van der Waals surface area contributed by atoms with Crippen LogP contribution in [-0.4, -0.2) is 49.2 Å². The van der Waals surface area contributed by atoms with Crippen molar-refractivity contribution in [2.75, 3.05) is 26.3 Å². The molecule has 110 valence electrons. The largest absolute Gasteiger partial charge is 0.379 e. The van der Waals surface area contributed by atoms with E-state index < -0.39 is 0 Å². The second-order valence-electron chi connectivity index (χ2n) is 6.36. The molecular formula is C15H28N2O2. The van der Waals surface area contributed by atoms with Gasteiger partial charge in [0.15, 0.2) is 0 Å². The van der Waals surface area contributed by atoms with Gasteiger partial charge in [-0.3, -0.25) is 4.79 Å². The summed E-state index contributed by atoms with van der Waals surface area (Å²) in [4.78, 5) is 14.9. The highest BCUT2D eigenvalue weighted by Gasteiger charge is 2.40. The fourth-order valence-electron chi connectivity index (χ4n) is 3.48. The average Bonchev–Trinajstić information content (AvgIpc) is 2.81. The Labute approximate surface area is 116 Å². The maximum Gasteiger partial charge on any atom is 0.229 e. The molecule has 5 atom stereocenters. The van der Waals surface area contributed by atoms with Crippen LogP contribution in [0.4, 0.5) is 0 Å². The number of carbonyl (C=O) groups is 1. The van der Waals surface area contributed by atoms with E-state index in [-0.39, 0.29) is 17.9 Å². The summed E-state index contributed by atoms with van der Waals surface area (Å²) in [6, 6.07) is 0.545. The summed E-state index contributed by atoms with van der Waals surface area (Å²) < 4.78 is 5.51. The zero-order chi connectivity index (χ0) is 14.0. The third-order valence-electron chi connectivity index (χ3n) is 4.74. The van der Waals surface area contributed by atoms with Gasteiger partial charge < -0.3 is 15.0 Å². The van der Waals surface area contributed by atoms with E-state index in [1.165, 1.54) is 6.42 Å². The summed E-state index contributed by atoms with van der Waals surface area (Å²) in [5, 5.41) is 3.38. The van der Waals surface area contributed by atoms with Gasteiger partial charge in [0, 0.05) is 18.6 Å². The normalized spacial score (nSPS) is 39.6. The predicted molar refractivity (Wildman–Crippen MR) is 75.9 cm³/mol. The van der Waals surface area contributed by atoms with Gasteiger partial charge in [0.25, 0.3) is 0 Å². The van der Waals surface area contributed by atoms with E-state index in [0.29, 0.717) is 31.1 Å². The topological polar surface area (TPSA) is 41.6 Å². The van der Waals surface area contributed by atoms with E-state index in [9.17, 15) is 4.79 Å². The third-order valence-corrected chi connectivity index (χ3v) is 4.74. The Morgan fingerprint density at radius 3 is 2.74 bits per heavy atom. The van der Waals surface area contributed by atoms with Gasteiger partial charge >= 0.3 is 0 Å². The lowest BCUT2D eigenvalue weighted by Gasteiger charge is -2.42. The van der Waals surface area contributed by atoms with Crippen LogP contribution in [0, 0.1) is 17.8 Å². The number of likely N-dealkylation sites (tertiary alicyclic amines) is 1. The highest BCUT2D eigenvalue weighted by Crippen LogP contribution is 2.29. The molecule has 0 aliphatic carbocycles. The molecule has 5 unspecified atom stereocenters. The Hall–Kier alpha value is -0.610. The van der Waals surface area contributed by atoms with Crippen molar-refractivity contribution in [3.8, 4) is 0 Å². The van der Waals surface area contributed by atoms with Gasteiger partial charge in [0.2, 0.25) is 5.91 Å². The number of amides is 1. The van der Waals surface area contributed by atoms with E-state index in [4.69, 9.17) is 4.74 Å². The molecule has 19 heavy (non-hydrogen) atoms. The van der Waals surface area contributed by atoms with Crippen LogP contribution in [0.3, 0.4) is 0 Å². The highest BCUT2D eigenvalue weighted by atomic mass is 16.5. The lowest BCUT2D eigenvalue weighted by atomic mass is 9.85. The van der Waals surface area contributed by atoms with Crippen molar-refractivity contribution in [2.45, 2.75) is 46.2 Å². The average molecular weight is 268 g/mol. The van der Waals surface area contributed by atoms with Gasteiger partial charge in [-0.15, -0.1) is 0 Å². The highest BCUT2D eigenvalue weighted by molar-refractivity contribution is 5.80. The first-order valence-electron chi connectivity index (χ1n) is 7.66. The molecule has 2 saturated heterocycles. The van der Waals surface area contributed by atoms with Crippen molar-refractivity contribution in [3.05, 3.63) is 0 Å². The number of ether oxygens (including phenoxy) is 1. The van der Waals surface area contributed by atoms with Crippen LogP contribution < -0.4 is 5.32 Å². The molecule has 2 heterocycles. The molecule has 0 saturated carbocycles. The molecule has 4 nitrogen and oxygen atoms in total. The minimum absolute atomic E-state index is 0.0000926. The third kappa shape index (κ3) is 3.11. The number of rotatable bonds is 3. The predicted octanol–water partition coefficient (Wildman–Crippen LogP) is 1.50. The molecular weight excluding hydrogens is 240 g/mol. The Morgan fingerprint density at radius 2 is 2.05 bits per heavy atom. The lowest BCUT2D eigenvalue weighted by molar-refractivity contribution is -0.142. The Balaban J connectivity index is 2.05. The number of nitrogens with one attached hydrogen (secondary N) is 1. The second-order valence-corrected chi connectivity index (χ2v) is 6.36. The summed E-state index contributed by atoms with van der Waals surface area (Å²) in [6.07, 6.45) is 1.22. The zero-order valence-corrected chi connectivity index (χ0v) is 12.7. The van der Waals surface area contributed by atoms with Crippen LogP contribution in [0.15, 0.2) is 0 Å². The van der Waals surface area contributed by atoms with Crippen LogP contribution >= 0.6 is 0 Å². The molecule has 1 N–H and O–H groups in total. The molecule has 0 bridgehead atoms. The summed E-state index contributed by atoms with van der Waals surface area (Å²) in [7, 11) is 0. The summed E-state index contributed by atoms with van der Waals surface area (Å²) in [5.74, 6) is 1.48. The molecule has 2 fully saturated rings. The Morgan fingerprint density at radius 1 is 1.32 bits per heavy atom. The van der Waals surface area contributed by atoms with Crippen molar-refractivity contribution < 1.29 is 9.53 Å². The van der Waals surface area contributed by atoms with E-state index in [0.717, 1.165) is 13.1 Å². The first kappa shape index (κ1) is 14.8. The summed E-state index contributed by atoms with van der Waals surface area (Å²) in [6.45, 7) is 11.8. The molecule has 1 amide bonds. The van der Waals surface area contributed by atoms with Crippen LogP contribution in [-0.2, 0) is 9.53 Å². The summed E-state index contributed by atoms with van der Waals surface area (Å²) >= 11 is 0. The summed E-state index contributed by atoms with van der Waals surface area (Å²) in [5.41, 5.74) is 0. The Bertz CT molecular complexity index is 321. The van der Waals surface area contributed by atoms with E-state index in [2.05, 4.69) is 37.9 Å². The minimum Gasteiger partial charge on any atom is -0.379 e. The van der Waals surface area contributed by atoms with Crippen LogP contribution in [0.1, 0.15) is 34.1 Å². The first-order chi connectivity index (χ1) is 9.04. The minimum atomic E-state index is -0.0000926. The van der Waals surface area contributed by atoms with E-state index >= 15 is 0 Å². The molecule has 0 radical (unpaired) electrons. The van der Waals surface area contributed by atoms with Gasteiger partial charge in [-0.25, -0.2) is 0 Å². The van der Waals surface area contributed by atoms with E-state index in [1.54, 1.807) is 0 Å². The first-order valence-corrected chi connectivity index (χ1v) is 7.66. The van der Waals surface area contributed by atoms with Crippen LogP contribution in [0.5, 0.6) is 0 Å². The van der Waals surface area contributed by atoms with Gasteiger partial charge in [-0.1, -0.05) is 20.8 Å². The second kappa shape index (κ2) is 6.23. The molecule has 0 spiro atoms. The van der Waals surface area contributed by atoms with Crippen LogP contribution in [0.2, 0.25) is 0 Å². The number of carbonyl (C=O) groups excluding carboxylic acids is 1. The van der Waals surface area contributed by atoms with Crippen molar-refractivity contribution >= 4 is 5.91 Å². The number of likely N-dealkylation sites (N-methyl/N-ethyl adjacent to an activating group) is 1. The zero-order valence-electron chi connectivity index (χ0n) is 12.7. The molecule has 2 aliphatic heterocycles. The van der Waals surface area contributed by atoms with Gasteiger partial charge in [-0.05, 0) is 31.7 Å². The smallest absolute Gasteiger partial charge is 0.229 e. The van der Waals surface area contributed by atoms with Crippen molar-refractivity contribution in [1.29, 1.82) is 0 Å². The van der Waals surface area contributed by atoms with Crippen molar-refractivity contribution in [1.82, 2.24) is 10.2 Å². The molecule has 2 aliphatic rings. The fourth-order valence-corrected chi connectivity index (χ4v) is 3.48. The van der Waals surface area contributed by atoms with Crippen molar-refractivity contribution in [3.63, 3.8) is 0 Å². The maximum absolute atomic E-state index is 12.8. The quantitative estimate of drug-likeness (QED) is 0.843. The fraction of sp³-hybridized carbons (Fsp3) is 0.933. The number of piperidine rings is 1. The van der Waals surface area contributed by atoms with E-state index in [1.807, 2.05) is 0 Å². The number of hydrogen-bond acceptors (Lipinski definition) is 3.